The number of primary amides is 1. The smallest absolute Gasteiger partial charge is 0.239 e. The fraction of sp³-hybridized carbons (Fsp3) is 0.714. The van der Waals surface area contributed by atoms with Crippen molar-refractivity contribution >= 4 is 23.6 Å². The Kier molecular flexibility index (Phi) is 3.56. The third-order valence-electron chi connectivity index (χ3n) is 1.82. The van der Waals surface area contributed by atoms with Gasteiger partial charge in [-0.25, -0.2) is 0 Å². The molecule has 0 aromatic rings. The van der Waals surface area contributed by atoms with E-state index < -0.39 is 11.9 Å². The molecule has 0 bridgehead atoms. The molecule has 0 saturated carbocycles. The third kappa shape index (κ3) is 2.89. The average molecular weight is 203 g/mol. The SMILES string of the molecule is CC(NC(=O)[C@@H]1CSCN1)C(N)=O. The normalized spacial score (nSPS) is 23.9. The minimum Gasteiger partial charge on any atom is -0.368 e. The van der Waals surface area contributed by atoms with Gasteiger partial charge in [0, 0.05) is 11.6 Å². The summed E-state index contributed by atoms with van der Waals surface area (Å²) in [4.78, 5) is 22.0. The zero-order valence-corrected chi connectivity index (χ0v) is 8.19. The van der Waals surface area contributed by atoms with E-state index in [0.717, 1.165) is 11.6 Å². The number of hydrogen-bond donors (Lipinski definition) is 3. The number of rotatable bonds is 3. The number of carbonyl (C=O) groups is 2. The summed E-state index contributed by atoms with van der Waals surface area (Å²) >= 11 is 1.66. The van der Waals surface area contributed by atoms with Gasteiger partial charge in [-0.15, -0.1) is 11.8 Å². The van der Waals surface area contributed by atoms with Crippen LogP contribution in [-0.2, 0) is 9.59 Å². The van der Waals surface area contributed by atoms with Crippen LogP contribution < -0.4 is 16.4 Å². The summed E-state index contributed by atoms with van der Waals surface area (Å²) in [6, 6.07) is -0.785. The van der Waals surface area contributed by atoms with Crippen LogP contribution in [0.15, 0.2) is 0 Å². The van der Waals surface area contributed by atoms with Crippen molar-refractivity contribution in [3.63, 3.8) is 0 Å². The molecule has 0 aromatic heterocycles. The predicted octanol–water partition coefficient (Wildman–Crippen LogP) is -1.36. The van der Waals surface area contributed by atoms with Gasteiger partial charge >= 0.3 is 0 Å². The molecular formula is C7H13N3O2S. The number of hydrogen-bond acceptors (Lipinski definition) is 4. The van der Waals surface area contributed by atoms with Gasteiger partial charge in [0.25, 0.3) is 0 Å². The maximum atomic E-state index is 11.4. The Morgan fingerprint density at radius 1 is 1.69 bits per heavy atom. The monoisotopic (exact) mass is 203 g/mol. The van der Waals surface area contributed by atoms with E-state index in [9.17, 15) is 9.59 Å². The third-order valence-corrected chi connectivity index (χ3v) is 2.76. The number of carbonyl (C=O) groups excluding carboxylic acids is 2. The number of nitrogens with two attached hydrogens (primary N) is 1. The van der Waals surface area contributed by atoms with Crippen molar-refractivity contribution in [2.24, 2.45) is 5.73 Å². The Hall–Kier alpha value is -0.750. The molecule has 6 heteroatoms. The lowest BCUT2D eigenvalue weighted by Gasteiger charge is -2.13. The minimum atomic E-state index is -0.597. The van der Waals surface area contributed by atoms with Crippen molar-refractivity contribution in [1.82, 2.24) is 10.6 Å². The number of nitrogens with one attached hydrogen (secondary N) is 2. The molecule has 1 unspecified atom stereocenters. The summed E-state index contributed by atoms with van der Waals surface area (Å²) in [5.41, 5.74) is 5.00. The Morgan fingerprint density at radius 2 is 2.38 bits per heavy atom. The van der Waals surface area contributed by atoms with E-state index in [1.807, 2.05) is 0 Å². The Morgan fingerprint density at radius 3 is 2.85 bits per heavy atom. The quantitative estimate of drug-likeness (QED) is 0.529. The Labute approximate surface area is 80.8 Å². The van der Waals surface area contributed by atoms with Gasteiger partial charge in [-0.05, 0) is 6.92 Å². The molecule has 2 amide bonds. The molecule has 0 radical (unpaired) electrons. The van der Waals surface area contributed by atoms with E-state index in [2.05, 4.69) is 10.6 Å². The fourth-order valence-corrected chi connectivity index (χ4v) is 1.89. The summed E-state index contributed by atoms with van der Waals surface area (Å²) in [5.74, 6) is 0.857. The highest BCUT2D eigenvalue weighted by molar-refractivity contribution is 7.99. The lowest BCUT2D eigenvalue weighted by Crippen LogP contribution is -2.49. The van der Waals surface area contributed by atoms with Crippen molar-refractivity contribution < 1.29 is 9.59 Å². The van der Waals surface area contributed by atoms with Gasteiger partial charge in [0.05, 0.1) is 6.04 Å². The van der Waals surface area contributed by atoms with E-state index in [0.29, 0.717) is 0 Å². The van der Waals surface area contributed by atoms with E-state index in [4.69, 9.17) is 5.73 Å². The molecule has 1 fully saturated rings. The van der Waals surface area contributed by atoms with Crippen molar-refractivity contribution in [3.8, 4) is 0 Å². The minimum absolute atomic E-state index is 0.156. The highest BCUT2D eigenvalue weighted by Gasteiger charge is 2.24. The molecule has 0 aliphatic carbocycles. The van der Waals surface area contributed by atoms with Gasteiger partial charge < -0.3 is 11.1 Å². The van der Waals surface area contributed by atoms with Crippen molar-refractivity contribution in [2.45, 2.75) is 19.0 Å². The van der Waals surface area contributed by atoms with Gasteiger partial charge in [-0.3, -0.25) is 14.9 Å². The molecule has 0 spiro atoms. The molecular weight excluding hydrogens is 190 g/mol. The van der Waals surface area contributed by atoms with Crippen LogP contribution in [-0.4, -0.2) is 35.5 Å². The molecule has 1 rings (SSSR count). The highest BCUT2D eigenvalue weighted by Crippen LogP contribution is 2.09. The fourth-order valence-electron chi connectivity index (χ4n) is 0.949. The predicted molar refractivity (Wildman–Crippen MR) is 51.0 cm³/mol. The second-order valence-corrected chi connectivity index (χ2v) is 3.93. The van der Waals surface area contributed by atoms with Gasteiger partial charge in [-0.1, -0.05) is 0 Å². The number of thioether (sulfide) groups is 1. The first-order valence-electron chi connectivity index (χ1n) is 4.02. The first-order valence-corrected chi connectivity index (χ1v) is 5.17. The van der Waals surface area contributed by atoms with Crippen LogP contribution in [0.25, 0.3) is 0 Å². The molecule has 0 aromatic carbocycles. The Bertz CT molecular complexity index is 216. The standard InChI is InChI=1S/C7H13N3O2S/c1-4(6(8)11)10-7(12)5-2-13-3-9-5/h4-5,9H,2-3H2,1H3,(H2,8,11)(H,10,12)/t4?,5-/m0/s1. The van der Waals surface area contributed by atoms with Crippen LogP contribution in [0, 0.1) is 0 Å². The molecule has 1 aliphatic rings. The zero-order chi connectivity index (χ0) is 9.84. The summed E-state index contributed by atoms with van der Waals surface area (Å²) in [5, 5.41) is 5.53. The van der Waals surface area contributed by atoms with E-state index >= 15 is 0 Å². The van der Waals surface area contributed by atoms with E-state index in [1.54, 1.807) is 18.7 Å². The largest absolute Gasteiger partial charge is 0.368 e. The first kappa shape index (κ1) is 10.3. The summed E-state index contributed by atoms with van der Waals surface area (Å²) < 4.78 is 0. The van der Waals surface area contributed by atoms with Crippen LogP contribution in [0.3, 0.4) is 0 Å². The lowest BCUT2D eigenvalue weighted by molar-refractivity contribution is -0.127. The second kappa shape index (κ2) is 4.48. The number of amides is 2. The molecule has 1 saturated heterocycles. The van der Waals surface area contributed by atoms with Crippen LogP contribution in [0.2, 0.25) is 0 Å². The van der Waals surface area contributed by atoms with Gasteiger partial charge in [-0.2, -0.15) is 0 Å². The van der Waals surface area contributed by atoms with Crippen LogP contribution in [0.4, 0.5) is 0 Å². The zero-order valence-electron chi connectivity index (χ0n) is 7.37. The van der Waals surface area contributed by atoms with Gasteiger partial charge in [0.2, 0.25) is 11.8 Å². The van der Waals surface area contributed by atoms with Crippen molar-refractivity contribution in [3.05, 3.63) is 0 Å². The lowest BCUT2D eigenvalue weighted by atomic mass is 10.2. The molecule has 1 aliphatic heterocycles. The molecule has 13 heavy (non-hydrogen) atoms. The van der Waals surface area contributed by atoms with Gasteiger partial charge in [0.1, 0.15) is 6.04 Å². The maximum absolute atomic E-state index is 11.4. The van der Waals surface area contributed by atoms with Crippen molar-refractivity contribution in [1.29, 1.82) is 0 Å². The molecule has 1 heterocycles. The van der Waals surface area contributed by atoms with Crippen LogP contribution in [0.5, 0.6) is 0 Å². The molecule has 74 valence electrons. The summed E-state index contributed by atoms with van der Waals surface area (Å²) in [6.07, 6.45) is 0. The van der Waals surface area contributed by atoms with Crippen molar-refractivity contribution in [2.75, 3.05) is 11.6 Å². The van der Waals surface area contributed by atoms with Gasteiger partial charge in [0.15, 0.2) is 0 Å². The van der Waals surface area contributed by atoms with Crippen LogP contribution in [0.1, 0.15) is 6.92 Å². The first-order chi connectivity index (χ1) is 6.11. The van der Waals surface area contributed by atoms with E-state index in [1.165, 1.54) is 0 Å². The summed E-state index contributed by atoms with van der Waals surface area (Å²) in [7, 11) is 0. The second-order valence-electron chi connectivity index (χ2n) is 2.90. The Balaban J connectivity index is 2.35. The van der Waals surface area contributed by atoms with E-state index in [-0.39, 0.29) is 11.9 Å². The average Bonchev–Trinajstić information content (AvgIpc) is 2.55. The summed E-state index contributed by atoms with van der Waals surface area (Å²) in [6.45, 7) is 1.57. The molecule has 2 atom stereocenters. The van der Waals surface area contributed by atoms with Crippen LogP contribution >= 0.6 is 11.8 Å². The molecule has 4 N–H and O–H groups in total. The topological polar surface area (TPSA) is 84.2 Å². The molecule has 5 nitrogen and oxygen atoms in total. The maximum Gasteiger partial charge on any atom is 0.239 e. The highest BCUT2D eigenvalue weighted by atomic mass is 32.2.